The number of pyridine rings is 2. The number of hydrogen-bond acceptors (Lipinski definition) is 5. The molecule has 1 fully saturated rings. The zero-order valence-electron chi connectivity index (χ0n) is 18.5. The van der Waals surface area contributed by atoms with E-state index >= 15 is 0 Å². The monoisotopic (exact) mass is 448 g/mol. The van der Waals surface area contributed by atoms with Crippen molar-refractivity contribution < 1.29 is 9.18 Å². The maximum atomic E-state index is 14.7. The van der Waals surface area contributed by atoms with Gasteiger partial charge >= 0.3 is 6.03 Å². The highest BCUT2D eigenvalue weighted by Crippen LogP contribution is 2.29. The van der Waals surface area contributed by atoms with E-state index in [1.165, 1.54) is 10.6 Å². The van der Waals surface area contributed by atoms with E-state index in [9.17, 15) is 19.2 Å². The highest BCUT2D eigenvalue weighted by atomic mass is 19.1. The molecule has 2 amide bonds. The van der Waals surface area contributed by atoms with Gasteiger partial charge in [-0.2, -0.15) is 5.26 Å². The van der Waals surface area contributed by atoms with Crippen LogP contribution in [0, 0.1) is 17.1 Å². The minimum atomic E-state index is -0.743. The van der Waals surface area contributed by atoms with Crippen LogP contribution < -0.4 is 21.5 Å². The number of fused-ring (bicyclic) bond motifs is 1. The lowest BCUT2D eigenvalue weighted by Crippen LogP contribution is -2.39. The van der Waals surface area contributed by atoms with E-state index in [1.807, 2.05) is 6.07 Å². The SMILES string of the molecule is CNc1cc2c(cn1)cc(-c1cc(NC(=O)NC3CCCCC3)c(F)cc1C#N)c(=O)n2C. The molecule has 170 valence electrons. The number of aryl methyl sites for hydroxylation is 1. The van der Waals surface area contributed by atoms with E-state index < -0.39 is 11.8 Å². The number of nitriles is 1. The molecule has 9 heteroatoms. The van der Waals surface area contributed by atoms with Crippen LogP contribution in [0.4, 0.5) is 20.7 Å². The van der Waals surface area contributed by atoms with Crippen LogP contribution in [0.3, 0.4) is 0 Å². The summed E-state index contributed by atoms with van der Waals surface area (Å²) in [7, 11) is 3.36. The van der Waals surface area contributed by atoms with Gasteiger partial charge in [0.15, 0.2) is 0 Å². The molecule has 0 bridgehead atoms. The average molecular weight is 449 g/mol. The molecular weight excluding hydrogens is 423 g/mol. The molecule has 0 aliphatic heterocycles. The smallest absolute Gasteiger partial charge is 0.319 e. The van der Waals surface area contributed by atoms with Crippen LogP contribution in [0.5, 0.6) is 0 Å². The van der Waals surface area contributed by atoms with Gasteiger partial charge in [-0.05, 0) is 31.0 Å². The highest BCUT2D eigenvalue weighted by molar-refractivity contribution is 5.92. The van der Waals surface area contributed by atoms with Crippen molar-refractivity contribution in [1.82, 2.24) is 14.9 Å². The normalized spacial score (nSPS) is 14.0. The predicted molar refractivity (Wildman–Crippen MR) is 126 cm³/mol. The van der Waals surface area contributed by atoms with E-state index in [1.54, 1.807) is 32.4 Å². The van der Waals surface area contributed by atoms with Gasteiger partial charge in [-0.3, -0.25) is 4.79 Å². The summed E-state index contributed by atoms with van der Waals surface area (Å²) in [6.07, 6.45) is 6.67. The van der Waals surface area contributed by atoms with Crippen molar-refractivity contribution in [3.63, 3.8) is 0 Å². The number of urea groups is 1. The van der Waals surface area contributed by atoms with Crippen molar-refractivity contribution >= 4 is 28.4 Å². The summed E-state index contributed by atoms with van der Waals surface area (Å²) in [5, 5.41) is 18.6. The van der Waals surface area contributed by atoms with Crippen LogP contribution in [-0.2, 0) is 7.05 Å². The Morgan fingerprint density at radius 2 is 1.94 bits per heavy atom. The Kier molecular flexibility index (Phi) is 6.27. The molecule has 1 saturated carbocycles. The number of carbonyl (C=O) groups excluding carboxylic acids is 1. The standard InChI is InChI=1S/C24H25FN6O2/c1-27-22-11-21-15(13-28-22)8-18(23(32)31(21)2)17-10-20(19(25)9-14(17)12-26)30-24(33)29-16-6-4-3-5-7-16/h8-11,13,16H,3-7H2,1-2H3,(H,27,28)(H2,29,30,33). The second kappa shape index (κ2) is 9.28. The molecule has 3 N–H and O–H groups in total. The molecule has 2 aromatic heterocycles. The van der Waals surface area contributed by atoms with Gasteiger partial charge in [-0.15, -0.1) is 0 Å². The van der Waals surface area contributed by atoms with E-state index in [-0.39, 0.29) is 34.0 Å². The number of aromatic nitrogens is 2. The molecule has 0 saturated heterocycles. The first-order chi connectivity index (χ1) is 15.9. The van der Waals surface area contributed by atoms with Gasteiger partial charge < -0.3 is 20.5 Å². The van der Waals surface area contributed by atoms with Crippen LogP contribution >= 0.6 is 0 Å². The fraction of sp³-hybridized carbons (Fsp3) is 0.333. The van der Waals surface area contributed by atoms with E-state index in [0.717, 1.165) is 38.2 Å². The second-order valence-corrected chi connectivity index (χ2v) is 8.22. The van der Waals surface area contributed by atoms with Gasteiger partial charge in [-0.25, -0.2) is 14.2 Å². The third-order valence-electron chi connectivity index (χ3n) is 6.07. The van der Waals surface area contributed by atoms with Crippen LogP contribution in [0.2, 0.25) is 0 Å². The Hall–Kier alpha value is -3.93. The number of nitrogens with one attached hydrogen (secondary N) is 3. The number of benzene rings is 1. The molecule has 33 heavy (non-hydrogen) atoms. The van der Waals surface area contributed by atoms with Crippen molar-refractivity contribution in [2.45, 2.75) is 38.1 Å². The molecule has 2 heterocycles. The van der Waals surface area contributed by atoms with Crippen LogP contribution in [0.25, 0.3) is 22.0 Å². The molecule has 0 unspecified atom stereocenters. The number of halogens is 1. The van der Waals surface area contributed by atoms with Crippen molar-refractivity contribution in [3.8, 4) is 17.2 Å². The van der Waals surface area contributed by atoms with Gasteiger partial charge in [0.05, 0.1) is 22.8 Å². The number of rotatable bonds is 4. The van der Waals surface area contributed by atoms with Crippen LogP contribution in [0.15, 0.2) is 35.3 Å². The quantitative estimate of drug-likeness (QED) is 0.556. The Labute approximate surface area is 190 Å². The summed E-state index contributed by atoms with van der Waals surface area (Å²) in [4.78, 5) is 29.9. The third-order valence-corrected chi connectivity index (χ3v) is 6.07. The highest BCUT2D eigenvalue weighted by Gasteiger charge is 2.20. The van der Waals surface area contributed by atoms with Crippen molar-refractivity contribution in [1.29, 1.82) is 5.26 Å². The fourth-order valence-corrected chi connectivity index (χ4v) is 4.27. The first kappa shape index (κ1) is 22.3. The first-order valence-electron chi connectivity index (χ1n) is 10.9. The van der Waals surface area contributed by atoms with Crippen LogP contribution in [-0.4, -0.2) is 28.7 Å². The average Bonchev–Trinajstić information content (AvgIpc) is 2.83. The molecule has 3 aromatic rings. The Bertz CT molecular complexity index is 1320. The topological polar surface area (TPSA) is 112 Å². The van der Waals surface area contributed by atoms with Crippen molar-refractivity contribution in [2.75, 3.05) is 17.7 Å². The molecule has 1 aromatic carbocycles. The van der Waals surface area contributed by atoms with Crippen LogP contribution in [0.1, 0.15) is 37.7 Å². The molecule has 0 radical (unpaired) electrons. The molecular formula is C24H25FN6O2. The summed E-state index contributed by atoms with van der Waals surface area (Å²) in [6.45, 7) is 0. The van der Waals surface area contributed by atoms with E-state index in [2.05, 4.69) is 20.9 Å². The molecule has 1 aliphatic carbocycles. The lowest BCUT2D eigenvalue weighted by atomic mass is 9.96. The second-order valence-electron chi connectivity index (χ2n) is 8.22. The van der Waals surface area contributed by atoms with Gasteiger partial charge in [-0.1, -0.05) is 19.3 Å². The Balaban J connectivity index is 1.74. The summed E-state index contributed by atoms with van der Waals surface area (Å²) in [5.41, 5.74) is 0.679. The molecule has 1 aliphatic rings. The summed E-state index contributed by atoms with van der Waals surface area (Å²) >= 11 is 0. The maximum absolute atomic E-state index is 14.7. The van der Waals surface area contributed by atoms with Crippen molar-refractivity contribution in [2.24, 2.45) is 7.05 Å². The number of amides is 2. The molecule has 0 atom stereocenters. The fourth-order valence-electron chi connectivity index (χ4n) is 4.27. The largest absolute Gasteiger partial charge is 0.373 e. The van der Waals surface area contributed by atoms with E-state index in [4.69, 9.17) is 0 Å². The van der Waals surface area contributed by atoms with Gasteiger partial charge in [0.25, 0.3) is 5.56 Å². The molecule has 0 spiro atoms. The van der Waals surface area contributed by atoms with Gasteiger partial charge in [0, 0.05) is 48.9 Å². The summed E-state index contributed by atoms with van der Waals surface area (Å²) in [5.74, 6) is -0.132. The lowest BCUT2D eigenvalue weighted by Gasteiger charge is -2.23. The van der Waals surface area contributed by atoms with Gasteiger partial charge in [0.2, 0.25) is 0 Å². The molecule has 8 nitrogen and oxygen atoms in total. The number of hydrogen-bond donors (Lipinski definition) is 3. The number of carbonyl (C=O) groups is 1. The summed E-state index contributed by atoms with van der Waals surface area (Å²) in [6, 6.07) is 7.26. The zero-order valence-corrected chi connectivity index (χ0v) is 18.5. The predicted octanol–water partition coefficient (Wildman–Crippen LogP) is 4.11. The minimum Gasteiger partial charge on any atom is -0.373 e. The number of anilines is 2. The first-order valence-corrected chi connectivity index (χ1v) is 10.9. The van der Waals surface area contributed by atoms with E-state index in [0.29, 0.717) is 16.7 Å². The molecule has 4 rings (SSSR count). The third kappa shape index (κ3) is 4.51. The Morgan fingerprint density at radius 1 is 1.18 bits per heavy atom. The summed E-state index contributed by atoms with van der Waals surface area (Å²) < 4.78 is 16.2. The minimum absolute atomic E-state index is 0.00185. The van der Waals surface area contributed by atoms with Crippen molar-refractivity contribution in [3.05, 3.63) is 52.2 Å². The van der Waals surface area contributed by atoms with Gasteiger partial charge in [0.1, 0.15) is 11.6 Å². The maximum Gasteiger partial charge on any atom is 0.319 e. The number of nitrogens with zero attached hydrogens (tertiary/aromatic N) is 3. The lowest BCUT2D eigenvalue weighted by molar-refractivity contribution is 0.244. The zero-order chi connectivity index (χ0) is 23.5. The Morgan fingerprint density at radius 3 is 2.64 bits per heavy atom.